The first-order valence-electron chi connectivity index (χ1n) is 11.7. The average Bonchev–Trinajstić information content (AvgIpc) is 2.97. The average molecular weight is 379 g/mol. The molecule has 1 unspecified atom stereocenters. The molecule has 3 heteroatoms. The number of aliphatic hydroxyl groups excluding tert-OH is 1. The predicted molar refractivity (Wildman–Crippen MR) is 108 cm³/mol. The van der Waals surface area contributed by atoms with Crippen LogP contribution in [0.4, 0.5) is 0 Å². The number of hydrogen-bond donors (Lipinski definition) is 2. The van der Waals surface area contributed by atoms with Crippen molar-refractivity contribution in [1.29, 1.82) is 0 Å². The lowest BCUT2D eigenvalue weighted by Crippen LogP contribution is -2.58. The number of ether oxygens (including phenoxy) is 1. The summed E-state index contributed by atoms with van der Waals surface area (Å²) in [5, 5.41) is 21.2. The molecule has 4 aliphatic carbocycles. The first kappa shape index (κ1) is 20.2. The van der Waals surface area contributed by atoms with E-state index in [1.54, 1.807) is 0 Å². The lowest BCUT2D eigenvalue weighted by molar-refractivity contribution is -0.179. The quantitative estimate of drug-likeness (QED) is 0.739. The highest BCUT2D eigenvalue weighted by Gasteiger charge is 2.62. The number of rotatable bonds is 4. The Bertz CT molecular complexity index is 544. The summed E-state index contributed by atoms with van der Waals surface area (Å²) in [5.74, 6) is 3.43. The van der Waals surface area contributed by atoms with Gasteiger partial charge in [0.1, 0.15) is 0 Å². The Hall–Kier alpha value is -0.120. The van der Waals surface area contributed by atoms with Gasteiger partial charge in [0.05, 0.1) is 18.3 Å². The van der Waals surface area contributed by atoms with Crippen LogP contribution in [-0.2, 0) is 4.74 Å². The Labute approximate surface area is 166 Å². The second-order valence-electron chi connectivity index (χ2n) is 11.2. The molecule has 4 saturated carbocycles. The van der Waals surface area contributed by atoms with Crippen molar-refractivity contribution < 1.29 is 14.9 Å². The van der Waals surface area contributed by atoms with Crippen molar-refractivity contribution in [3.8, 4) is 0 Å². The van der Waals surface area contributed by atoms with Crippen molar-refractivity contribution in [3.63, 3.8) is 0 Å². The maximum atomic E-state index is 10.8. The van der Waals surface area contributed by atoms with Gasteiger partial charge in [-0.25, -0.2) is 0 Å². The summed E-state index contributed by atoms with van der Waals surface area (Å²) in [4.78, 5) is 0. The molecule has 0 saturated heterocycles. The molecule has 0 aromatic heterocycles. The third kappa shape index (κ3) is 3.11. The molecule has 156 valence electrons. The van der Waals surface area contributed by atoms with Gasteiger partial charge in [-0.05, 0) is 119 Å². The van der Waals surface area contributed by atoms with Crippen LogP contribution in [0.2, 0.25) is 0 Å². The number of fused-ring (bicyclic) bond motifs is 5. The summed E-state index contributed by atoms with van der Waals surface area (Å²) in [6.07, 6.45) is 10.5. The van der Waals surface area contributed by atoms with E-state index < -0.39 is 5.60 Å². The maximum absolute atomic E-state index is 10.8. The molecule has 2 N–H and O–H groups in total. The van der Waals surface area contributed by atoms with Crippen molar-refractivity contribution in [2.45, 2.75) is 97.2 Å². The van der Waals surface area contributed by atoms with Crippen LogP contribution in [0.25, 0.3) is 0 Å². The molecular formula is C24H42O3. The van der Waals surface area contributed by atoms with Crippen LogP contribution in [0.3, 0.4) is 0 Å². The molecular weight excluding hydrogens is 336 g/mol. The van der Waals surface area contributed by atoms with E-state index in [0.717, 1.165) is 50.2 Å². The van der Waals surface area contributed by atoms with Gasteiger partial charge in [0, 0.05) is 6.61 Å². The fraction of sp³-hybridized carbons (Fsp3) is 1.00. The number of aliphatic hydroxyl groups is 2. The normalized spacial score (nSPS) is 53.3. The Morgan fingerprint density at radius 1 is 1.00 bits per heavy atom. The van der Waals surface area contributed by atoms with E-state index >= 15 is 0 Å². The summed E-state index contributed by atoms with van der Waals surface area (Å²) >= 11 is 0. The molecule has 0 bridgehead atoms. The second-order valence-corrected chi connectivity index (χ2v) is 11.2. The first-order valence-corrected chi connectivity index (χ1v) is 11.7. The molecule has 0 aromatic carbocycles. The van der Waals surface area contributed by atoms with Crippen molar-refractivity contribution in [3.05, 3.63) is 0 Å². The largest absolute Gasteiger partial charge is 0.393 e. The Balaban J connectivity index is 1.63. The molecule has 0 spiro atoms. The summed E-state index contributed by atoms with van der Waals surface area (Å²) in [5.41, 5.74) is 0.127. The first-order chi connectivity index (χ1) is 12.7. The molecule has 4 fully saturated rings. The molecule has 9 atom stereocenters. The third-order valence-electron chi connectivity index (χ3n) is 9.88. The summed E-state index contributed by atoms with van der Waals surface area (Å²) in [6.45, 7) is 10.4. The van der Waals surface area contributed by atoms with Crippen LogP contribution in [0.1, 0.15) is 85.5 Å². The summed E-state index contributed by atoms with van der Waals surface area (Å²) in [7, 11) is 0. The molecule has 0 aliphatic heterocycles. The molecule has 0 amide bonds. The van der Waals surface area contributed by atoms with Crippen molar-refractivity contribution >= 4 is 0 Å². The summed E-state index contributed by atoms with van der Waals surface area (Å²) < 4.78 is 6.12. The van der Waals surface area contributed by atoms with E-state index in [4.69, 9.17) is 4.74 Å². The van der Waals surface area contributed by atoms with E-state index in [0.29, 0.717) is 17.3 Å². The van der Waals surface area contributed by atoms with Gasteiger partial charge in [-0.2, -0.15) is 0 Å². The fourth-order valence-electron chi connectivity index (χ4n) is 8.64. The van der Waals surface area contributed by atoms with E-state index in [1.165, 1.54) is 38.5 Å². The SMILES string of the molecule is CCOC[C@]12CC[C@@](C)(O)C[C@H]1CC[C@H]1[C@@H]3CC[C@H](C(C)O)[C@@]3(C)CC[C@@H]12. The highest BCUT2D eigenvalue weighted by atomic mass is 16.5. The zero-order chi connectivity index (χ0) is 19.4. The second kappa shape index (κ2) is 6.99. The predicted octanol–water partition coefficient (Wildman–Crippen LogP) is 4.79. The molecule has 27 heavy (non-hydrogen) atoms. The summed E-state index contributed by atoms with van der Waals surface area (Å²) in [6, 6.07) is 0. The number of hydrogen-bond acceptors (Lipinski definition) is 3. The van der Waals surface area contributed by atoms with E-state index in [9.17, 15) is 10.2 Å². The van der Waals surface area contributed by atoms with Crippen LogP contribution in [-0.4, -0.2) is 35.1 Å². The molecule has 0 radical (unpaired) electrons. The van der Waals surface area contributed by atoms with Gasteiger partial charge in [-0.15, -0.1) is 0 Å². The van der Waals surface area contributed by atoms with Gasteiger partial charge in [-0.3, -0.25) is 0 Å². The minimum Gasteiger partial charge on any atom is -0.393 e. The monoisotopic (exact) mass is 378 g/mol. The van der Waals surface area contributed by atoms with Gasteiger partial charge in [0.15, 0.2) is 0 Å². The Morgan fingerprint density at radius 2 is 1.78 bits per heavy atom. The lowest BCUT2D eigenvalue weighted by Gasteiger charge is -2.62. The van der Waals surface area contributed by atoms with Gasteiger partial charge in [0.25, 0.3) is 0 Å². The van der Waals surface area contributed by atoms with E-state index in [1.807, 2.05) is 13.8 Å². The zero-order valence-corrected chi connectivity index (χ0v) is 18.0. The minimum absolute atomic E-state index is 0.171. The van der Waals surface area contributed by atoms with Crippen LogP contribution in [0.15, 0.2) is 0 Å². The van der Waals surface area contributed by atoms with E-state index in [2.05, 4.69) is 13.8 Å². The van der Waals surface area contributed by atoms with Crippen LogP contribution in [0.5, 0.6) is 0 Å². The van der Waals surface area contributed by atoms with Crippen molar-refractivity contribution in [1.82, 2.24) is 0 Å². The molecule has 0 heterocycles. The zero-order valence-electron chi connectivity index (χ0n) is 18.0. The lowest BCUT2D eigenvalue weighted by atomic mass is 9.43. The third-order valence-corrected chi connectivity index (χ3v) is 9.88. The van der Waals surface area contributed by atoms with Gasteiger partial charge < -0.3 is 14.9 Å². The maximum Gasteiger partial charge on any atom is 0.0622 e. The van der Waals surface area contributed by atoms with Crippen LogP contribution < -0.4 is 0 Å². The van der Waals surface area contributed by atoms with Gasteiger partial charge in [-0.1, -0.05) is 6.92 Å². The van der Waals surface area contributed by atoms with Crippen LogP contribution >= 0.6 is 0 Å². The topological polar surface area (TPSA) is 49.7 Å². The van der Waals surface area contributed by atoms with Crippen molar-refractivity contribution in [2.75, 3.05) is 13.2 Å². The minimum atomic E-state index is -0.485. The Morgan fingerprint density at radius 3 is 2.48 bits per heavy atom. The molecule has 3 nitrogen and oxygen atoms in total. The fourth-order valence-corrected chi connectivity index (χ4v) is 8.64. The molecule has 4 aliphatic rings. The van der Waals surface area contributed by atoms with Gasteiger partial charge in [0.2, 0.25) is 0 Å². The van der Waals surface area contributed by atoms with Gasteiger partial charge >= 0.3 is 0 Å². The molecule has 0 aromatic rings. The van der Waals surface area contributed by atoms with Crippen molar-refractivity contribution in [2.24, 2.45) is 40.4 Å². The highest BCUT2D eigenvalue weighted by molar-refractivity contribution is 5.11. The smallest absolute Gasteiger partial charge is 0.0622 e. The molecule has 4 rings (SSSR count). The standard InChI is InChI=1S/C24H42O3/c1-5-27-15-24-13-12-22(3,26)14-17(24)6-7-18-20-9-8-19(16(2)25)23(20,4)11-10-21(18)24/h16-21,25-26H,5-15H2,1-4H3/t16?,17-,18+,19-,20+,21+,22-,23-,24-/m1/s1. The van der Waals surface area contributed by atoms with Crippen LogP contribution in [0, 0.1) is 40.4 Å². The highest BCUT2D eigenvalue weighted by Crippen LogP contribution is 2.68. The Kier molecular flexibility index (Phi) is 5.22. The van der Waals surface area contributed by atoms with E-state index in [-0.39, 0.29) is 11.5 Å².